The minimum atomic E-state index is -0.878. The molecule has 0 aliphatic carbocycles. The molecule has 7 nitrogen and oxygen atoms in total. The average Bonchev–Trinajstić information content (AvgIpc) is 2.28. The van der Waals surface area contributed by atoms with Gasteiger partial charge in [-0.25, -0.2) is 4.68 Å². The van der Waals surface area contributed by atoms with E-state index >= 15 is 0 Å². The highest BCUT2D eigenvalue weighted by Crippen LogP contribution is 2.10. The van der Waals surface area contributed by atoms with E-state index < -0.39 is 11.2 Å². The summed E-state index contributed by atoms with van der Waals surface area (Å²) in [7, 11) is 0. The molecule has 0 N–H and O–H groups in total. The standard InChI is InChI=1S/C5H6Cl2N4O3/c1-3(14-11(12)13)2-10-5(7)8-4(6)9-10/h3H,2H2,1H3. The second-order valence-corrected chi connectivity index (χ2v) is 3.15. The fourth-order valence-electron chi connectivity index (χ4n) is 0.837. The van der Waals surface area contributed by atoms with Crippen molar-refractivity contribution >= 4 is 23.2 Å². The zero-order valence-electron chi connectivity index (χ0n) is 7.05. The summed E-state index contributed by atoms with van der Waals surface area (Å²) < 4.78 is 1.22. The normalized spacial score (nSPS) is 12.5. The predicted octanol–water partition coefficient (Wildman–Crippen LogP) is 1.18. The molecule has 78 valence electrons. The second-order valence-electron chi connectivity index (χ2n) is 2.47. The van der Waals surface area contributed by atoms with Crippen LogP contribution in [-0.2, 0) is 11.4 Å². The van der Waals surface area contributed by atoms with Crippen LogP contribution in [0, 0.1) is 10.1 Å². The largest absolute Gasteiger partial charge is 0.309 e. The minimum absolute atomic E-state index is 0.0108. The summed E-state index contributed by atoms with van der Waals surface area (Å²) in [5, 5.41) is 12.8. The molecule has 9 heteroatoms. The van der Waals surface area contributed by atoms with E-state index in [2.05, 4.69) is 14.9 Å². The van der Waals surface area contributed by atoms with Crippen LogP contribution >= 0.6 is 23.2 Å². The maximum Gasteiger partial charge on any atom is 0.294 e. The van der Waals surface area contributed by atoms with Gasteiger partial charge >= 0.3 is 0 Å². The van der Waals surface area contributed by atoms with Gasteiger partial charge in [-0.3, -0.25) is 0 Å². The van der Waals surface area contributed by atoms with Gasteiger partial charge < -0.3 is 4.84 Å². The Morgan fingerprint density at radius 2 is 2.36 bits per heavy atom. The molecule has 0 aromatic carbocycles. The lowest BCUT2D eigenvalue weighted by molar-refractivity contribution is -0.768. The molecule has 0 saturated heterocycles. The van der Waals surface area contributed by atoms with Gasteiger partial charge in [0, 0.05) is 0 Å². The van der Waals surface area contributed by atoms with E-state index in [1.807, 2.05) is 0 Å². The van der Waals surface area contributed by atoms with E-state index in [1.54, 1.807) is 0 Å². The number of nitrogens with zero attached hydrogens (tertiary/aromatic N) is 4. The smallest absolute Gasteiger partial charge is 0.294 e. The molecule has 1 rings (SSSR count). The Morgan fingerprint density at radius 3 is 2.79 bits per heavy atom. The summed E-state index contributed by atoms with van der Waals surface area (Å²) >= 11 is 11.1. The van der Waals surface area contributed by atoms with E-state index in [9.17, 15) is 10.1 Å². The highest BCUT2D eigenvalue weighted by atomic mass is 35.5. The lowest BCUT2D eigenvalue weighted by Crippen LogP contribution is -2.20. The maximum absolute atomic E-state index is 9.97. The van der Waals surface area contributed by atoms with Crippen LogP contribution in [0.2, 0.25) is 10.6 Å². The van der Waals surface area contributed by atoms with Gasteiger partial charge in [0.2, 0.25) is 10.6 Å². The first-order valence-corrected chi connectivity index (χ1v) is 4.31. The molecule has 1 aromatic heterocycles. The van der Waals surface area contributed by atoms with E-state index in [1.165, 1.54) is 11.6 Å². The Kier molecular flexibility index (Phi) is 3.48. The van der Waals surface area contributed by atoms with Crippen LogP contribution in [0.25, 0.3) is 0 Å². The van der Waals surface area contributed by atoms with Crippen LogP contribution in [-0.4, -0.2) is 26.0 Å². The van der Waals surface area contributed by atoms with Crippen LogP contribution in [0.3, 0.4) is 0 Å². The topological polar surface area (TPSA) is 83.1 Å². The molecule has 0 amide bonds. The Hall–Kier alpha value is -1.08. The van der Waals surface area contributed by atoms with Crippen molar-refractivity contribution in [2.45, 2.75) is 19.6 Å². The summed E-state index contributed by atoms with van der Waals surface area (Å²) in [4.78, 5) is 17.8. The summed E-state index contributed by atoms with van der Waals surface area (Å²) in [6.07, 6.45) is -0.666. The third-order valence-electron chi connectivity index (χ3n) is 1.30. The molecule has 1 heterocycles. The molecule has 1 atom stereocenters. The van der Waals surface area contributed by atoms with Crippen LogP contribution < -0.4 is 0 Å². The monoisotopic (exact) mass is 240 g/mol. The first-order valence-electron chi connectivity index (χ1n) is 3.56. The number of hydrogen-bond donors (Lipinski definition) is 0. The number of hydrogen-bond acceptors (Lipinski definition) is 5. The molecule has 1 unspecified atom stereocenters. The van der Waals surface area contributed by atoms with Gasteiger partial charge in [-0.2, -0.15) is 4.98 Å². The third kappa shape index (κ3) is 3.00. The first kappa shape index (κ1) is 11.0. The predicted molar refractivity (Wildman–Crippen MR) is 47.6 cm³/mol. The quantitative estimate of drug-likeness (QED) is 0.583. The van der Waals surface area contributed by atoms with Gasteiger partial charge in [0.05, 0.1) is 6.54 Å². The molecule has 14 heavy (non-hydrogen) atoms. The van der Waals surface area contributed by atoms with Gasteiger partial charge in [-0.05, 0) is 30.1 Å². The van der Waals surface area contributed by atoms with Gasteiger partial charge in [-0.1, -0.05) is 0 Å². The summed E-state index contributed by atoms with van der Waals surface area (Å²) in [5.74, 6) is 0. The van der Waals surface area contributed by atoms with Gasteiger partial charge in [0.1, 0.15) is 6.10 Å². The highest BCUT2D eigenvalue weighted by Gasteiger charge is 2.12. The van der Waals surface area contributed by atoms with E-state index in [0.717, 1.165) is 0 Å². The third-order valence-corrected chi connectivity index (χ3v) is 1.74. The lowest BCUT2D eigenvalue weighted by atomic mass is 10.4. The Labute approximate surface area is 88.7 Å². The molecule has 0 aliphatic rings. The molecule has 0 radical (unpaired) electrons. The van der Waals surface area contributed by atoms with Crippen LogP contribution in [0.4, 0.5) is 0 Å². The van der Waals surface area contributed by atoms with Crippen molar-refractivity contribution in [3.8, 4) is 0 Å². The summed E-state index contributed by atoms with van der Waals surface area (Å²) in [5.41, 5.74) is 0. The van der Waals surface area contributed by atoms with E-state index in [0.29, 0.717) is 0 Å². The average molecular weight is 241 g/mol. The summed E-state index contributed by atoms with van der Waals surface area (Å²) in [6.45, 7) is 1.62. The molecule has 0 bridgehead atoms. The second kappa shape index (κ2) is 4.43. The Balaban J connectivity index is 2.59. The first-order chi connectivity index (χ1) is 6.49. The van der Waals surface area contributed by atoms with Crippen molar-refractivity contribution < 1.29 is 9.92 Å². The van der Waals surface area contributed by atoms with E-state index in [-0.39, 0.29) is 17.1 Å². The van der Waals surface area contributed by atoms with Crippen molar-refractivity contribution in [2.24, 2.45) is 0 Å². The van der Waals surface area contributed by atoms with Crippen LogP contribution in [0.1, 0.15) is 6.92 Å². The molecule has 0 aliphatic heterocycles. The van der Waals surface area contributed by atoms with Gasteiger partial charge in [-0.15, -0.1) is 15.2 Å². The molecular weight excluding hydrogens is 235 g/mol. The van der Waals surface area contributed by atoms with Crippen molar-refractivity contribution in [1.29, 1.82) is 0 Å². The summed E-state index contributed by atoms with van der Waals surface area (Å²) in [6, 6.07) is 0. The van der Waals surface area contributed by atoms with Crippen molar-refractivity contribution in [2.75, 3.05) is 0 Å². The Morgan fingerprint density at radius 1 is 1.71 bits per heavy atom. The fraction of sp³-hybridized carbons (Fsp3) is 0.600. The minimum Gasteiger partial charge on any atom is -0.309 e. The molecule has 1 aromatic rings. The molecule has 0 spiro atoms. The SMILES string of the molecule is CC(Cn1nc(Cl)nc1Cl)O[N+](=O)[O-]. The maximum atomic E-state index is 9.97. The highest BCUT2D eigenvalue weighted by molar-refractivity contribution is 6.31. The molecular formula is C5H6Cl2N4O3. The molecule has 0 saturated carbocycles. The number of rotatable bonds is 4. The zero-order chi connectivity index (χ0) is 10.7. The van der Waals surface area contributed by atoms with Crippen LogP contribution in [0.15, 0.2) is 0 Å². The molecule has 0 fully saturated rings. The van der Waals surface area contributed by atoms with Gasteiger partial charge in [0.15, 0.2) is 0 Å². The zero-order valence-corrected chi connectivity index (χ0v) is 8.57. The Bertz CT molecular complexity index is 342. The fourth-order valence-corrected chi connectivity index (χ4v) is 1.24. The van der Waals surface area contributed by atoms with E-state index in [4.69, 9.17) is 23.2 Å². The van der Waals surface area contributed by atoms with Crippen LogP contribution in [0.5, 0.6) is 0 Å². The van der Waals surface area contributed by atoms with Gasteiger partial charge in [0.25, 0.3) is 5.09 Å². The van der Waals surface area contributed by atoms with Crippen molar-refractivity contribution in [3.63, 3.8) is 0 Å². The van der Waals surface area contributed by atoms with Crippen molar-refractivity contribution in [1.82, 2.24) is 14.8 Å². The number of halogens is 2. The van der Waals surface area contributed by atoms with Crippen molar-refractivity contribution in [3.05, 3.63) is 20.7 Å². The number of aromatic nitrogens is 3. The lowest BCUT2D eigenvalue weighted by Gasteiger charge is -2.08.